The van der Waals surface area contributed by atoms with E-state index in [2.05, 4.69) is 10.9 Å². The van der Waals surface area contributed by atoms with Crippen LogP contribution in [0.5, 0.6) is 11.5 Å². The maximum atomic E-state index is 14.3. The van der Waals surface area contributed by atoms with Crippen molar-refractivity contribution in [3.05, 3.63) is 131 Å². The molecular formula is C35H36FN3O5. The van der Waals surface area contributed by atoms with E-state index in [1.165, 1.54) is 6.07 Å². The van der Waals surface area contributed by atoms with Crippen molar-refractivity contribution < 1.29 is 28.5 Å². The molecule has 0 radical (unpaired) electrons. The number of methoxy groups -OCH3 is 1. The third kappa shape index (κ3) is 7.24. The summed E-state index contributed by atoms with van der Waals surface area (Å²) in [5, 5.41) is 9.04. The smallest absolute Gasteiger partial charge is 0.266 e. The van der Waals surface area contributed by atoms with Crippen molar-refractivity contribution in [2.24, 2.45) is 4.99 Å². The molecule has 8 nitrogen and oxygen atoms in total. The number of amides is 1. The average molecular weight is 598 g/mol. The van der Waals surface area contributed by atoms with Gasteiger partial charge in [-0.15, -0.1) is 0 Å². The van der Waals surface area contributed by atoms with Crippen LogP contribution in [0.15, 0.2) is 108 Å². The minimum Gasteiger partial charge on any atom is -0.497 e. The lowest BCUT2D eigenvalue weighted by atomic mass is 9.82. The largest absolute Gasteiger partial charge is 0.497 e. The SMILES string of the molecule is COc1cccc([C@@H]2OC(c3ccc(OCCCO)cc3)=N[C@]2(Cc2ccccc2)C(=O)NNCCc2ccccc2F)c1. The summed E-state index contributed by atoms with van der Waals surface area (Å²) in [7, 11) is 1.59. The van der Waals surface area contributed by atoms with Gasteiger partial charge in [0.2, 0.25) is 5.90 Å². The molecule has 2 atom stereocenters. The van der Waals surface area contributed by atoms with Gasteiger partial charge in [-0.3, -0.25) is 10.2 Å². The number of carbonyl (C=O) groups excluding carboxylic acids is 1. The van der Waals surface area contributed by atoms with Crippen LogP contribution in [0.25, 0.3) is 0 Å². The molecule has 0 bridgehead atoms. The fourth-order valence-corrected chi connectivity index (χ4v) is 5.14. The number of aliphatic hydroxyl groups excluding tert-OH is 1. The molecule has 5 rings (SSSR count). The summed E-state index contributed by atoms with van der Waals surface area (Å²) >= 11 is 0. The number of hydrogen-bond acceptors (Lipinski definition) is 7. The highest BCUT2D eigenvalue weighted by atomic mass is 19.1. The van der Waals surface area contributed by atoms with E-state index in [9.17, 15) is 9.18 Å². The maximum absolute atomic E-state index is 14.3. The number of ether oxygens (including phenoxy) is 3. The number of hydrogen-bond donors (Lipinski definition) is 3. The number of nitrogens with one attached hydrogen (secondary N) is 2. The summed E-state index contributed by atoms with van der Waals surface area (Å²) in [5.74, 6) is 0.916. The highest BCUT2D eigenvalue weighted by molar-refractivity contribution is 6.01. The topological polar surface area (TPSA) is 101 Å². The number of aliphatic hydroxyl groups is 1. The number of hydrazine groups is 1. The van der Waals surface area contributed by atoms with Crippen LogP contribution in [0.1, 0.15) is 34.8 Å². The molecule has 1 amide bonds. The molecule has 0 spiro atoms. The summed E-state index contributed by atoms with van der Waals surface area (Å²) in [6.45, 7) is 0.764. The van der Waals surface area contributed by atoms with Crippen molar-refractivity contribution >= 4 is 11.8 Å². The Hall–Kier alpha value is -4.73. The van der Waals surface area contributed by atoms with Gasteiger partial charge in [-0.1, -0.05) is 60.7 Å². The first kappa shape index (κ1) is 30.7. The number of nitrogens with zero attached hydrogens (tertiary/aromatic N) is 1. The lowest BCUT2D eigenvalue weighted by molar-refractivity contribution is -0.130. The number of carbonyl (C=O) groups is 1. The summed E-state index contributed by atoms with van der Waals surface area (Å²) in [5.41, 5.74) is 7.29. The van der Waals surface area contributed by atoms with Crippen LogP contribution in [0.4, 0.5) is 4.39 Å². The zero-order chi connectivity index (χ0) is 30.8. The van der Waals surface area contributed by atoms with Gasteiger partial charge in [0.05, 0.1) is 13.7 Å². The van der Waals surface area contributed by atoms with Crippen LogP contribution in [0.3, 0.4) is 0 Å². The molecule has 1 aliphatic heterocycles. The van der Waals surface area contributed by atoms with Gasteiger partial charge in [-0.2, -0.15) is 0 Å². The lowest BCUT2D eigenvalue weighted by Gasteiger charge is -2.31. The molecule has 1 heterocycles. The molecule has 0 fully saturated rings. The van der Waals surface area contributed by atoms with E-state index in [0.29, 0.717) is 54.5 Å². The van der Waals surface area contributed by atoms with Crippen LogP contribution in [-0.2, 0) is 22.4 Å². The van der Waals surface area contributed by atoms with E-state index in [1.54, 1.807) is 37.4 Å². The van der Waals surface area contributed by atoms with Crippen molar-refractivity contribution in [1.29, 1.82) is 0 Å². The maximum Gasteiger partial charge on any atom is 0.266 e. The minimum atomic E-state index is -1.40. The summed E-state index contributed by atoms with van der Waals surface area (Å²) in [6, 6.07) is 30.9. The molecular weight excluding hydrogens is 561 g/mol. The van der Waals surface area contributed by atoms with Gasteiger partial charge in [0.25, 0.3) is 5.91 Å². The van der Waals surface area contributed by atoms with Crippen LogP contribution < -0.4 is 20.3 Å². The number of aliphatic imine (C=N–C) groups is 1. The summed E-state index contributed by atoms with van der Waals surface area (Å²) in [4.78, 5) is 19.3. The number of halogens is 1. The lowest BCUT2D eigenvalue weighted by Crippen LogP contribution is -2.54. The van der Waals surface area contributed by atoms with E-state index in [4.69, 9.17) is 24.3 Å². The first-order valence-electron chi connectivity index (χ1n) is 14.6. The minimum absolute atomic E-state index is 0.0535. The monoisotopic (exact) mass is 597 g/mol. The van der Waals surface area contributed by atoms with Gasteiger partial charge >= 0.3 is 0 Å². The predicted molar refractivity (Wildman–Crippen MR) is 166 cm³/mol. The third-order valence-corrected chi connectivity index (χ3v) is 7.42. The molecule has 0 aliphatic carbocycles. The Morgan fingerprint density at radius 2 is 1.75 bits per heavy atom. The van der Waals surface area contributed by atoms with Gasteiger partial charge in [-0.05, 0) is 65.6 Å². The Balaban J connectivity index is 1.48. The molecule has 4 aromatic carbocycles. The zero-order valence-corrected chi connectivity index (χ0v) is 24.5. The van der Waals surface area contributed by atoms with E-state index in [0.717, 1.165) is 11.1 Å². The quantitative estimate of drug-likeness (QED) is 0.140. The second kappa shape index (κ2) is 14.6. The molecule has 0 saturated heterocycles. The van der Waals surface area contributed by atoms with Crippen molar-refractivity contribution in [3.8, 4) is 11.5 Å². The van der Waals surface area contributed by atoms with Crippen LogP contribution in [0.2, 0.25) is 0 Å². The molecule has 3 N–H and O–H groups in total. The van der Waals surface area contributed by atoms with Crippen molar-refractivity contribution in [2.45, 2.75) is 30.9 Å². The fraction of sp³-hybridized carbons (Fsp3) is 0.257. The van der Waals surface area contributed by atoms with Crippen molar-refractivity contribution in [2.75, 3.05) is 26.9 Å². The highest BCUT2D eigenvalue weighted by Crippen LogP contribution is 2.43. The van der Waals surface area contributed by atoms with E-state index in [-0.39, 0.29) is 24.8 Å². The molecule has 228 valence electrons. The fourth-order valence-electron chi connectivity index (χ4n) is 5.14. The highest BCUT2D eigenvalue weighted by Gasteiger charge is 2.53. The van der Waals surface area contributed by atoms with Crippen LogP contribution in [-0.4, -0.2) is 49.3 Å². The summed E-state index contributed by atoms with van der Waals surface area (Å²) < 4.78 is 31.9. The Kier molecular flexibility index (Phi) is 10.2. The molecule has 4 aromatic rings. The molecule has 0 unspecified atom stereocenters. The molecule has 1 aliphatic rings. The standard InChI is InChI=1S/C35H36FN3O5/c1-42-30-13-7-12-28(23-30)32-35(24-25-9-3-2-4-10-25,34(41)39-37-20-19-26-11-5-6-14-31(26)36)38-33(44-32)27-15-17-29(18-16-27)43-22-8-21-40/h2-7,9-18,23,32,37,40H,8,19-22,24H2,1H3,(H,39,41)/t32-,35-/m0/s1. The average Bonchev–Trinajstić information content (AvgIpc) is 3.45. The predicted octanol–water partition coefficient (Wildman–Crippen LogP) is 4.96. The van der Waals surface area contributed by atoms with Gasteiger partial charge < -0.3 is 19.3 Å². The second-order valence-corrected chi connectivity index (χ2v) is 10.5. The first-order valence-corrected chi connectivity index (χ1v) is 14.6. The Morgan fingerprint density at radius 3 is 2.50 bits per heavy atom. The van der Waals surface area contributed by atoms with Crippen molar-refractivity contribution in [3.63, 3.8) is 0 Å². The Labute approximate surface area is 256 Å². The number of rotatable bonds is 14. The van der Waals surface area contributed by atoms with Gasteiger partial charge in [0.1, 0.15) is 17.3 Å². The van der Waals surface area contributed by atoms with Gasteiger partial charge in [0.15, 0.2) is 11.6 Å². The number of benzene rings is 4. The first-order chi connectivity index (χ1) is 21.5. The molecule has 44 heavy (non-hydrogen) atoms. The van der Waals surface area contributed by atoms with Crippen LogP contribution in [0, 0.1) is 5.82 Å². The third-order valence-electron chi connectivity index (χ3n) is 7.42. The molecule has 0 aromatic heterocycles. The second-order valence-electron chi connectivity index (χ2n) is 10.5. The van der Waals surface area contributed by atoms with Crippen molar-refractivity contribution in [1.82, 2.24) is 10.9 Å². The van der Waals surface area contributed by atoms with E-state index in [1.807, 2.05) is 66.7 Å². The normalized spacial score (nSPS) is 17.4. The van der Waals surface area contributed by atoms with E-state index < -0.39 is 11.6 Å². The Bertz CT molecular complexity index is 1560. The van der Waals surface area contributed by atoms with Gasteiger partial charge in [0, 0.05) is 31.6 Å². The summed E-state index contributed by atoms with van der Waals surface area (Å²) in [6.07, 6.45) is 0.380. The van der Waals surface area contributed by atoms with E-state index >= 15 is 0 Å². The Morgan fingerprint density at radius 1 is 0.977 bits per heavy atom. The molecule has 9 heteroatoms. The van der Waals surface area contributed by atoms with Gasteiger partial charge in [-0.25, -0.2) is 14.8 Å². The zero-order valence-electron chi connectivity index (χ0n) is 24.5. The molecule has 0 saturated carbocycles. The van der Waals surface area contributed by atoms with Crippen LogP contribution >= 0.6 is 0 Å².